The molecular weight excluding hydrogens is 448 g/mol. The van der Waals surface area contributed by atoms with Crippen LogP contribution in [0.1, 0.15) is 11.1 Å². The smallest absolute Gasteiger partial charge is 0.234 e. The molecule has 4 aromatic rings. The van der Waals surface area contributed by atoms with Crippen LogP contribution in [0.25, 0.3) is 17.1 Å². The van der Waals surface area contributed by atoms with Gasteiger partial charge >= 0.3 is 0 Å². The third-order valence-electron chi connectivity index (χ3n) is 5.34. The number of benzene rings is 3. The van der Waals surface area contributed by atoms with E-state index in [1.807, 2.05) is 41.0 Å². The van der Waals surface area contributed by atoms with Crippen molar-refractivity contribution in [3.05, 3.63) is 77.9 Å². The van der Waals surface area contributed by atoms with Gasteiger partial charge < -0.3 is 14.8 Å². The largest absolute Gasteiger partial charge is 0.497 e. The number of aryl methyl sites for hydroxylation is 2. The predicted molar refractivity (Wildman–Crippen MR) is 135 cm³/mol. The Balaban J connectivity index is 1.63. The van der Waals surface area contributed by atoms with E-state index >= 15 is 0 Å². The number of carbonyl (C=O) groups excluding carboxylic acids is 1. The van der Waals surface area contributed by atoms with Gasteiger partial charge in [0.15, 0.2) is 11.0 Å². The highest BCUT2D eigenvalue weighted by Crippen LogP contribution is 2.32. The highest BCUT2D eigenvalue weighted by Gasteiger charge is 2.20. The van der Waals surface area contributed by atoms with E-state index in [2.05, 4.69) is 41.5 Å². The van der Waals surface area contributed by atoms with Crippen molar-refractivity contribution in [2.75, 3.05) is 25.3 Å². The molecule has 4 rings (SSSR count). The minimum atomic E-state index is -0.186. The fourth-order valence-corrected chi connectivity index (χ4v) is 4.46. The van der Waals surface area contributed by atoms with E-state index in [1.54, 1.807) is 32.4 Å². The summed E-state index contributed by atoms with van der Waals surface area (Å²) < 4.78 is 12.7. The first-order valence-electron chi connectivity index (χ1n) is 10.7. The fraction of sp³-hybridized carbons (Fsp3) is 0.192. The Kier molecular flexibility index (Phi) is 7.18. The van der Waals surface area contributed by atoms with Crippen LogP contribution in [-0.4, -0.2) is 40.6 Å². The van der Waals surface area contributed by atoms with Crippen LogP contribution in [-0.2, 0) is 4.79 Å². The number of thioether (sulfide) groups is 1. The highest BCUT2D eigenvalue weighted by atomic mass is 32.2. The van der Waals surface area contributed by atoms with Gasteiger partial charge in [-0.2, -0.15) is 0 Å². The van der Waals surface area contributed by atoms with Gasteiger partial charge in [0.1, 0.15) is 11.5 Å². The molecule has 0 aliphatic carbocycles. The van der Waals surface area contributed by atoms with Gasteiger partial charge in [0.25, 0.3) is 0 Å². The molecule has 1 N–H and O–H groups in total. The van der Waals surface area contributed by atoms with Crippen molar-refractivity contribution < 1.29 is 14.3 Å². The summed E-state index contributed by atoms with van der Waals surface area (Å²) in [6, 6.07) is 21.3. The lowest BCUT2D eigenvalue weighted by Crippen LogP contribution is -2.15. The molecule has 0 saturated carbocycles. The number of para-hydroxylation sites is 1. The number of methoxy groups -OCH3 is 2. The van der Waals surface area contributed by atoms with Crippen LogP contribution in [0.3, 0.4) is 0 Å². The maximum absolute atomic E-state index is 12.8. The standard InChI is InChI=1S/C26H26N4O3S/c1-17-9-8-10-18(2)24(17)30-25(19-11-6-5-7-12-19)28-29-26(30)34-16-23(31)27-21-15-20(32-3)13-14-22(21)33-4/h5-15H,16H2,1-4H3,(H,27,31). The van der Waals surface area contributed by atoms with Gasteiger partial charge in [0, 0.05) is 11.6 Å². The monoisotopic (exact) mass is 474 g/mol. The summed E-state index contributed by atoms with van der Waals surface area (Å²) in [5.41, 5.74) is 4.72. The number of hydrogen-bond acceptors (Lipinski definition) is 6. The number of nitrogens with one attached hydrogen (secondary N) is 1. The van der Waals surface area contributed by atoms with Gasteiger partial charge in [-0.1, -0.05) is 60.3 Å². The Morgan fingerprint density at radius 3 is 2.35 bits per heavy atom. The summed E-state index contributed by atoms with van der Waals surface area (Å²) in [5, 5.41) is 12.5. The van der Waals surface area contributed by atoms with Crippen molar-refractivity contribution in [2.45, 2.75) is 19.0 Å². The summed E-state index contributed by atoms with van der Waals surface area (Å²) >= 11 is 1.33. The zero-order valence-electron chi connectivity index (χ0n) is 19.5. The first-order valence-corrected chi connectivity index (χ1v) is 11.7. The molecule has 0 spiro atoms. The molecule has 174 valence electrons. The Labute approximate surface area is 203 Å². The van der Waals surface area contributed by atoms with Gasteiger partial charge in [-0.25, -0.2) is 0 Å². The van der Waals surface area contributed by atoms with Crippen molar-refractivity contribution in [2.24, 2.45) is 0 Å². The predicted octanol–water partition coefficient (Wildman–Crippen LogP) is 5.30. The molecule has 8 heteroatoms. The summed E-state index contributed by atoms with van der Waals surface area (Å²) in [6.45, 7) is 4.13. The lowest BCUT2D eigenvalue weighted by Gasteiger charge is -2.16. The second kappa shape index (κ2) is 10.4. The number of nitrogens with zero attached hydrogens (tertiary/aromatic N) is 3. The van der Waals surface area contributed by atoms with Crippen molar-refractivity contribution in [1.29, 1.82) is 0 Å². The van der Waals surface area contributed by atoms with Crippen LogP contribution in [0.4, 0.5) is 5.69 Å². The van der Waals surface area contributed by atoms with E-state index in [0.717, 1.165) is 28.2 Å². The number of hydrogen-bond donors (Lipinski definition) is 1. The Morgan fingerprint density at radius 2 is 1.68 bits per heavy atom. The lowest BCUT2D eigenvalue weighted by atomic mass is 10.1. The van der Waals surface area contributed by atoms with Crippen molar-refractivity contribution in [3.63, 3.8) is 0 Å². The van der Waals surface area contributed by atoms with Crippen LogP contribution < -0.4 is 14.8 Å². The Morgan fingerprint density at radius 1 is 0.941 bits per heavy atom. The van der Waals surface area contributed by atoms with Crippen molar-refractivity contribution in [1.82, 2.24) is 14.8 Å². The van der Waals surface area contributed by atoms with Gasteiger partial charge in [-0.05, 0) is 37.1 Å². The SMILES string of the molecule is COc1ccc(OC)c(NC(=O)CSc2nnc(-c3ccccc3)n2-c2c(C)cccc2C)c1. The number of rotatable bonds is 8. The molecule has 7 nitrogen and oxygen atoms in total. The average Bonchev–Trinajstić information content (AvgIpc) is 3.26. The zero-order chi connectivity index (χ0) is 24.1. The highest BCUT2D eigenvalue weighted by molar-refractivity contribution is 7.99. The molecule has 1 aromatic heterocycles. The van der Waals surface area contributed by atoms with Crippen LogP contribution in [0.5, 0.6) is 11.5 Å². The van der Waals surface area contributed by atoms with E-state index in [1.165, 1.54) is 11.8 Å². The fourth-order valence-electron chi connectivity index (χ4n) is 3.73. The first-order chi connectivity index (χ1) is 16.5. The Hall–Kier alpha value is -3.78. The van der Waals surface area contributed by atoms with Gasteiger partial charge in [-0.15, -0.1) is 10.2 Å². The topological polar surface area (TPSA) is 78.3 Å². The molecule has 0 saturated heterocycles. The summed E-state index contributed by atoms with van der Waals surface area (Å²) in [6.07, 6.45) is 0. The third-order valence-corrected chi connectivity index (χ3v) is 6.27. The molecular formula is C26H26N4O3S. The molecule has 0 radical (unpaired) electrons. The lowest BCUT2D eigenvalue weighted by molar-refractivity contribution is -0.113. The number of anilines is 1. The summed E-state index contributed by atoms with van der Waals surface area (Å²) in [5.74, 6) is 1.89. The minimum absolute atomic E-state index is 0.151. The van der Waals surface area contributed by atoms with Crippen LogP contribution in [0.15, 0.2) is 71.9 Å². The number of amides is 1. The second-order valence-corrected chi connectivity index (χ2v) is 8.59. The molecule has 1 heterocycles. The second-order valence-electron chi connectivity index (χ2n) is 7.65. The van der Waals surface area contributed by atoms with E-state index in [0.29, 0.717) is 22.3 Å². The zero-order valence-corrected chi connectivity index (χ0v) is 20.3. The van der Waals surface area contributed by atoms with E-state index in [-0.39, 0.29) is 11.7 Å². The Bertz CT molecular complexity index is 1280. The van der Waals surface area contributed by atoms with Crippen molar-refractivity contribution >= 4 is 23.4 Å². The molecule has 0 bridgehead atoms. The third kappa shape index (κ3) is 4.92. The van der Waals surface area contributed by atoms with Gasteiger partial charge in [0.05, 0.1) is 31.3 Å². The van der Waals surface area contributed by atoms with Gasteiger partial charge in [-0.3, -0.25) is 9.36 Å². The molecule has 3 aromatic carbocycles. The average molecular weight is 475 g/mol. The minimum Gasteiger partial charge on any atom is -0.497 e. The molecule has 0 unspecified atom stereocenters. The van der Waals surface area contributed by atoms with Crippen LogP contribution in [0.2, 0.25) is 0 Å². The van der Waals surface area contributed by atoms with Gasteiger partial charge in [0.2, 0.25) is 5.91 Å². The molecule has 1 amide bonds. The van der Waals surface area contributed by atoms with Crippen molar-refractivity contribution in [3.8, 4) is 28.6 Å². The number of ether oxygens (including phenoxy) is 2. The normalized spacial score (nSPS) is 10.7. The first kappa shape index (κ1) is 23.4. The number of aromatic nitrogens is 3. The molecule has 34 heavy (non-hydrogen) atoms. The van der Waals surface area contributed by atoms with E-state index < -0.39 is 0 Å². The molecule has 0 fully saturated rings. The van der Waals surface area contributed by atoms with E-state index in [4.69, 9.17) is 9.47 Å². The van der Waals surface area contributed by atoms with Crippen LogP contribution in [0, 0.1) is 13.8 Å². The number of carbonyl (C=O) groups is 1. The molecule has 0 atom stereocenters. The molecule has 0 aliphatic heterocycles. The van der Waals surface area contributed by atoms with E-state index in [9.17, 15) is 4.79 Å². The summed E-state index contributed by atoms with van der Waals surface area (Å²) in [4.78, 5) is 12.8. The maximum Gasteiger partial charge on any atom is 0.234 e. The quantitative estimate of drug-likeness (QED) is 0.349. The summed E-state index contributed by atoms with van der Waals surface area (Å²) in [7, 11) is 3.14. The van der Waals surface area contributed by atoms with Crippen LogP contribution >= 0.6 is 11.8 Å². The molecule has 0 aliphatic rings. The maximum atomic E-state index is 12.8.